The molecular weight excluding hydrogens is 312 g/mol. The van der Waals surface area contributed by atoms with E-state index in [0.717, 1.165) is 0 Å². The molecule has 0 amide bonds. The summed E-state index contributed by atoms with van der Waals surface area (Å²) in [7, 11) is 0. The highest BCUT2D eigenvalue weighted by molar-refractivity contribution is 5.37. The molecule has 0 saturated carbocycles. The quantitative estimate of drug-likeness (QED) is 0.367. The summed E-state index contributed by atoms with van der Waals surface area (Å²) >= 11 is 0. The van der Waals surface area contributed by atoms with Crippen LogP contribution in [0.25, 0.3) is 0 Å². The zero-order valence-electron chi connectivity index (χ0n) is 19.2. The molecular formula is C26H46. The minimum absolute atomic E-state index is 0.474. The van der Waals surface area contributed by atoms with Crippen LogP contribution >= 0.6 is 0 Å². The molecule has 0 spiro atoms. The average Bonchev–Trinajstić information content (AvgIpc) is 2.49. The third-order valence-electron chi connectivity index (χ3n) is 5.54. The molecule has 0 aliphatic heterocycles. The second-order valence-corrected chi connectivity index (χ2v) is 10.9. The molecule has 0 atom stereocenters. The zero-order chi connectivity index (χ0) is 19.8. The summed E-state index contributed by atoms with van der Waals surface area (Å²) in [5, 5.41) is 0. The van der Waals surface area contributed by atoms with Crippen molar-refractivity contribution < 1.29 is 0 Å². The van der Waals surface area contributed by atoms with Gasteiger partial charge >= 0.3 is 0 Å². The molecule has 0 unspecified atom stereocenters. The maximum Gasteiger partial charge on any atom is -0.0276 e. The molecule has 0 fully saturated rings. The van der Waals surface area contributed by atoms with E-state index in [1.165, 1.54) is 75.3 Å². The molecule has 1 rings (SSSR count). The first-order valence-corrected chi connectivity index (χ1v) is 11.1. The maximum atomic E-state index is 2.48. The molecule has 0 N–H and O–H groups in total. The van der Waals surface area contributed by atoms with E-state index in [2.05, 4.69) is 67.5 Å². The van der Waals surface area contributed by atoms with Gasteiger partial charge in [-0.05, 0) is 85.5 Å². The Balaban J connectivity index is 2.39. The van der Waals surface area contributed by atoms with Crippen molar-refractivity contribution in [2.45, 2.75) is 120 Å². The van der Waals surface area contributed by atoms with Gasteiger partial charge in [0.15, 0.2) is 0 Å². The average molecular weight is 359 g/mol. The largest absolute Gasteiger partial charge is 0.0602 e. The number of hydrogen-bond donors (Lipinski definition) is 0. The molecule has 0 bridgehead atoms. The second kappa shape index (κ2) is 10.5. The fourth-order valence-electron chi connectivity index (χ4n) is 3.77. The number of benzene rings is 1. The first-order chi connectivity index (χ1) is 12.0. The van der Waals surface area contributed by atoms with Crippen LogP contribution in [0.1, 0.15) is 115 Å². The van der Waals surface area contributed by atoms with Gasteiger partial charge in [-0.15, -0.1) is 0 Å². The number of unbranched alkanes of at least 4 members (excludes halogenated alkanes) is 4. The fraction of sp³-hybridized carbons (Fsp3) is 0.769. The standard InChI is InChI=1S/C26H46/c1-21-20-24(16-12-14-18-26(6,7)8)22(2)19-23(21)15-11-9-10-13-17-25(3,4)5/h19-20H,9-18H2,1-8H3. The Labute approximate surface area is 165 Å². The molecule has 1 aromatic carbocycles. The van der Waals surface area contributed by atoms with E-state index in [9.17, 15) is 0 Å². The molecule has 0 aromatic heterocycles. The van der Waals surface area contributed by atoms with Crippen LogP contribution in [0.15, 0.2) is 12.1 Å². The zero-order valence-corrected chi connectivity index (χ0v) is 19.2. The van der Waals surface area contributed by atoms with Gasteiger partial charge in [-0.3, -0.25) is 0 Å². The van der Waals surface area contributed by atoms with Crippen molar-refractivity contribution in [3.05, 3.63) is 34.4 Å². The van der Waals surface area contributed by atoms with E-state index in [1.807, 2.05) is 0 Å². The summed E-state index contributed by atoms with van der Waals surface area (Å²) in [6.45, 7) is 18.7. The lowest BCUT2D eigenvalue weighted by Crippen LogP contribution is -2.04. The van der Waals surface area contributed by atoms with Crippen molar-refractivity contribution in [1.82, 2.24) is 0 Å². The van der Waals surface area contributed by atoms with Crippen LogP contribution in [-0.4, -0.2) is 0 Å². The van der Waals surface area contributed by atoms with Gasteiger partial charge in [0.05, 0.1) is 0 Å². The van der Waals surface area contributed by atoms with Gasteiger partial charge in [0.2, 0.25) is 0 Å². The summed E-state index contributed by atoms with van der Waals surface area (Å²) in [6.07, 6.45) is 13.4. The van der Waals surface area contributed by atoms with E-state index in [4.69, 9.17) is 0 Å². The third kappa shape index (κ3) is 10.4. The number of aryl methyl sites for hydroxylation is 4. The van der Waals surface area contributed by atoms with Crippen LogP contribution in [0, 0.1) is 24.7 Å². The lowest BCUT2D eigenvalue weighted by Gasteiger charge is -2.18. The van der Waals surface area contributed by atoms with Gasteiger partial charge in [-0.1, -0.05) is 79.4 Å². The van der Waals surface area contributed by atoms with Crippen LogP contribution in [-0.2, 0) is 12.8 Å². The summed E-state index contributed by atoms with van der Waals surface area (Å²) in [4.78, 5) is 0. The summed E-state index contributed by atoms with van der Waals surface area (Å²) in [5.74, 6) is 0. The van der Waals surface area contributed by atoms with Gasteiger partial charge in [-0.2, -0.15) is 0 Å². The molecule has 0 nitrogen and oxygen atoms in total. The van der Waals surface area contributed by atoms with Crippen molar-refractivity contribution in [3.63, 3.8) is 0 Å². The summed E-state index contributed by atoms with van der Waals surface area (Å²) in [5.41, 5.74) is 7.14. The second-order valence-electron chi connectivity index (χ2n) is 10.9. The Hall–Kier alpha value is -0.780. The van der Waals surface area contributed by atoms with Crippen LogP contribution in [0.3, 0.4) is 0 Å². The van der Waals surface area contributed by atoms with E-state index < -0.39 is 0 Å². The normalized spacial score (nSPS) is 12.6. The molecule has 0 aliphatic carbocycles. The van der Waals surface area contributed by atoms with Crippen LogP contribution in [0.4, 0.5) is 0 Å². The Morgan fingerprint density at radius 2 is 0.885 bits per heavy atom. The van der Waals surface area contributed by atoms with Gasteiger partial charge < -0.3 is 0 Å². The molecule has 150 valence electrons. The van der Waals surface area contributed by atoms with Crippen LogP contribution in [0.2, 0.25) is 0 Å². The predicted molar refractivity (Wildman–Crippen MR) is 119 cm³/mol. The molecule has 26 heavy (non-hydrogen) atoms. The highest BCUT2D eigenvalue weighted by Gasteiger charge is 2.11. The van der Waals surface area contributed by atoms with Crippen molar-refractivity contribution in [1.29, 1.82) is 0 Å². The topological polar surface area (TPSA) is 0 Å². The highest BCUT2D eigenvalue weighted by atomic mass is 14.2. The van der Waals surface area contributed by atoms with Crippen molar-refractivity contribution in [2.75, 3.05) is 0 Å². The Morgan fingerprint density at radius 1 is 0.538 bits per heavy atom. The van der Waals surface area contributed by atoms with Crippen molar-refractivity contribution in [3.8, 4) is 0 Å². The first kappa shape index (κ1) is 23.3. The first-order valence-electron chi connectivity index (χ1n) is 11.1. The lowest BCUT2D eigenvalue weighted by molar-refractivity contribution is 0.357. The molecule has 0 radical (unpaired) electrons. The smallest absolute Gasteiger partial charge is 0.0276 e. The van der Waals surface area contributed by atoms with Gasteiger partial charge in [0, 0.05) is 0 Å². The lowest BCUT2D eigenvalue weighted by atomic mass is 9.88. The third-order valence-corrected chi connectivity index (χ3v) is 5.54. The Kier molecular flexibility index (Phi) is 9.42. The summed E-state index contributed by atoms with van der Waals surface area (Å²) < 4.78 is 0. The van der Waals surface area contributed by atoms with E-state index >= 15 is 0 Å². The van der Waals surface area contributed by atoms with E-state index in [1.54, 1.807) is 11.1 Å². The minimum Gasteiger partial charge on any atom is -0.0602 e. The molecule has 0 aliphatic rings. The Bertz CT molecular complexity index is 522. The fourth-order valence-corrected chi connectivity index (χ4v) is 3.77. The maximum absolute atomic E-state index is 2.48. The van der Waals surface area contributed by atoms with Crippen LogP contribution < -0.4 is 0 Å². The highest BCUT2D eigenvalue weighted by Crippen LogP contribution is 2.25. The van der Waals surface area contributed by atoms with E-state index in [-0.39, 0.29) is 0 Å². The predicted octanol–water partition coefficient (Wildman–Crippen LogP) is 8.60. The SMILES string of the molecule is Cc1cc(CCCCC(C)(C)C)c(C)cc1CCCCCCC(C)(C)C. The minimum atomic E-state index is 0.474. The molecule has 1 aromatic rings. The Morgan fingerprint density at radius 3 is 1.31 bits per heavy atom. The van der Waals surface area contributed by atoms with Gasteiger partial charge in [0.1, 0.15) is 0 Å². The van der Waals surface area contributed by atoms with E-state index in [0.29, 0.717) is 10.8 Å². The van der Waals surface area contributed by atoms with Gasteiger partial charge in [0.25, 0.3) is 0 Å². The van der Waals surface area contributed by atoms with Crippen molar-refractivity contribution >= 4 is 0 Å². The molecule has 0 heteroatoms. The molecule has 0 heterocycles. The number of rotatable bonds is 10. The summed E-state index contributed by atoms with van der Waals surface area (Å²) in [6, 6.07) is 4.95. The number of hydrogen-bond acceptors (Lipinski definition) is 0. The van der Waals surface area contributed by atoms with Crippen molar-refractivity contribution in [2.24, 2.45) is 10.8 Å². The molecule has 0 saturated heterocycles. The van der Waals surface area contributed by atoms with Gasteiger partial charge in [-0.25, -0.2) is 0 Å². The monoisotopic (exact) mass is 358 g/mol. The van der Waals surface area contributed by atoms with Crippen LogP contribution in [0.5, 0.6) is 0 Å².